The first-order valence-electron chi connectivity index (χ1n) is 8.56. The Morgan fingerprint density at radius 1 is 1.25 bits per heavy atom. The minimum Gasteiger partial charge on any atom is -0.463 e. The lowest BCUT2D eigenvalue weighted by Crippen LogP contribution is -2.28. The molecule has 0 fully saturated rings. The van der Waals surface area contributed by atoms with Crippen LogP contribution in [0.15, 0.2) is 47.5 Å². The second kappa shape index (κ2) is 8.49. The van der Waals surface area contributed by atoms with Gasteiger partial charge >= 0.3 is 6.18 Å². The zero-order chi connectivity index (χ0) is 20.3. The first kappa shape index (κ1) is 20.6. The van der Waals surface area contributed by atoms with Crippen molar-refractivity contribution in [2.45, 2.75) is 31.1 Å². The summed E-state index contributed by atoms with van der Waals surface area (Å²) in [4.78, 5) is 4.15. The van der Waals surface area contributed by atoms with Crippen molar-refractivity contribution in [2.24, 2.45) is 10.7 Å². The maximum absolute atomic E-state index is 13.6. The minimum atomic E-state index is -4.51. The van der Waals surface area contributed by atoms with E-state index in [1.807, 2.05) is 0 Å². The summed E-state index contributed by atoms with van der Waals surface area (Å²) in [5.41, 5.74) is 6.79. The molecule has 0 radical (unpaired) electrons. The molecule has 2 aromatic carbocycles. The van der Waals surface area contributed by atoms with Gasteiger partial charge in [-0.05, 0) is 42.2 Å². The quantitative estimate of drug-likeness (QED) is 0.710. The first-order valence-corrected chi connectivity index (χ1v) is 9.35. The van der Waals surface area contributed by atoms with Crippen LogP contribution >= 0.6 is 11.6 Å². The molecule has 3 rings (SSSR count). The highest BCUT2D eigenvalue weighted by molar-refractivity contribution is 6.30. The van der Waals surface area contributed by atoms with E-state index in [1.54, 1.807) is 24.3 Å². The van der Waals surface area contributed by atoms with Crippen molar-refractivity contribution in [3.05, 3.63) is 63.6 Å². The van der Waals surface area contributed by atoms with Gasteiger partial charge < -0.3 is 15.8 Å². The summed E-state index contributed by atoms with van der Waals surface area (Å²) in [7, 11) is 0. The number of anilines is 1. The van der Waals surface area contributed by atoms with Crippen LogP contribution in [0.3, 0.4) is 0 Å². The van der Waals surface area contributed by atoms with E-state index in [2.05, 4.69) is 10.3 Å². The van der Waals surface area contributed by atoms with E-state index in [0.29, 0.717) is 12.3 Å². The molecule has 0 bridgehead atoms. The van der Waals surface area contributed by atoms with Crippen molar-refractivity contribution in [3.63, 3.8) is 0 Å². The van der Waals surface area contributed by atoms with Crippen molar-refractivity contribution in [2.75, 3.05) is 11.9 Å². The van der Waals surface area contributed by atoms with Crippen molar-refractivity contribution in [1.29, 1.82) is 0 Å². The molecule has 0 saturated heterocycles. The van der Waals surface area contributed by atoms with E-state index in [-0.39, 0.29) is 27.7 Å². The Bertz CT molecular complexity index is 836. The van der Waals surface area contributed by atoms with E-state index in [4.69, 9.17) is 33.7 Å². The summed E-state index contributed by atoms with van der Waals surface area (Å²) in [6.45, 7) is 0.462. The van der Waals surface area contributed by atoms with Crippen LogP contribution in [0.1, 0.15) is 23.6 Å². The van der Waals surface area contributed by atoms with Crippen LogP contribution in [-0.4, -0.2) is 24.8 Å². The lowest BCUT2D eigenvalue weighted by Gasteiger charge is -2.23. The average molecular weight is 433 g/mol. The first-order chi connectivity index (χ1) is 13.2. The Labute approximate surface area is 170 Å². The van der Waals surface area contributed by atoms with Gasteiger partial charge in [-0.25, -0.2) is 4.99 Å². The van der Waals surface area contributed by atoms with E-state index in [1.165, 1.54) is 18.2 Å². The number of aliphatic imine (C=N–C) groups is 1. The predicted octanol–water partition coefficient (Wildman–Crippen LogP) is 4.40. The average Bonchev–Trinajstić information content (AvgIpc) is 3.02. The Hall–Kier alpha value is -2.12. The molecule has 28 heavy (non-hydrogen) atoms. The number of benzene rings is 2. The number of halogens is 5. The van der Waals surface area contributed by atoms with E-state index < -0.39 is 12.2 Å². The van der Waals surface area contributed by atoms with Crippen LogP contribution in [0.4, 0.5) is 18.9 Å². The molecular formula is C19H19Cl2F3N3O+. The van der Waals surface area contributed by atoms with E-state index in [9.17, 15) is 13.2 Å². The number of amidine groups is 1. The Morgan fingerprint density at radius 2 is 1.96 bits per heavy atom. The van der Waals surface area contributed by atoms with Crippen LogP contribution in [0.5, 0.6) is 0 Å². The number of ether oxygens (including phenoxy) is 1. The van der Waals surface area contributed by atoms with Crippen molar-refractivity contribution >= 4 is 23.3 Å². The van der Waals surface area contributed by atoms with Crippen LogP contribution in [0.25, 0.3) is 0 Å². The maximum atomic E-state index is 13.6. The predicted molar refractivity (Wildman–Crippen MR) is 101 cm³/mol. The normalized spacial score (nSPS) is 17.8. The van der Waals surface area contributed by atoms with Crippen LogP contribution in [0, 0.1) is 11.6 Å². The lowest BCUT2D eigenvalue weighted by molar-refractivity contribution is -0.289. The van der Waals surface area contributed by atoms with Gasteiger partial charge in [-0.1, -0.05) is 23.7 Å². The number of hydrogen-bond acceptors (Lipinski definition) is 4. The molecule has 150 valence electrons. The highest BCUT2D eigenvalue weighted by atomic mass is 35.5. The highest BCUT2D eigenvalue weighted by Crippen LogP contribution is 2.37. The van der Waals surface area contributed by atoms with Crippen LogP contribution in [-0.2, 0) is 11.2 Å². The number of alkyl halides is 3. The standard InChI is InChI=1S/C19H19Cl2F3N3O/c20-13-7-12(8-14(21)9-13)17(19(22,23)24)26-15-4-1-11(2-5-15)3-6-16-10-28-18(25)27-16/h1-2,4-5,7-9,16-17,20,26H,3,6,10H2,(H2,25,27)/q+1/t16-,17?/m0/s1. The fraction of sp³-hybridized carbons (Fsp3) is 0.316. The summed E-state index contributed by atoms with van der Waals surface area (Å²) >= 11 is 10.9. The number of nitrogens with two attached hydrogens (primary N) is 1. The van der Waals surface area contributed by atoms with Gasteiger partial charge in [0.05, 0.1) is 6.04 Å². The fourth-order valence-electron chi connectivity index (χ4n) is 2.96. The van der Waals surface area contributed by atoms with E-state index in [0.717, 1.165) is 18.4 Å². The number of rotatable bonds is 6. The third kappa shape index (κ3) is 5.45. The fourth-order valence-corrected chi connectivity index (χ4v) is 3.53. The van der Waals surface area contributed by atoms with Gasteiger partial charge in [0.15, 0.2) is 11.6 Å². The third-order valence-electron chi connectivity index (χ3n) is 4.32. The maximum Gasteiger partial charge on any atom is 0.412 e. The number of aryl methyl sites for hydroxylation is 1. The second-order valence-corrected chi connectivity index (χ2v) is 7.41. The molecule has 3 N–H and O–H groups in total. The van der Waals surface area contributed by atoms with Gasteiger partial charge in [0.25, 0.3) is 6.02 Å². The topological polar surface area (TPSA) is 59.6 Å². The van der Waals surface area contributed by atoms with Crippen LogP contribution in [0.2, 0.25) is 10.0 Å². The molecule has 1 aliphatic rings. The molecule has 0 spiro atoms. The third-order valence-corrected chi connectivity index (χ3v) is 4.77. The molecule has 0 aliphatic carbocycles. The molecule has 1 aliphatic heterocycles. The van der Waals surface area contributed by atoms with Gasteiger partial charge in [0, 0.05) is 22.8 Å². The number of nitrogens with one attached hydrogen (secondary N) is 1. The zero-order valence-corrected chi connectivity index (χ0v) is 16.2. The zero-order valence-electron chi connectivity index (χ0n) is 14.7. The monoisotopic (exact) mass is 432 g/mol. The number of hydrogen-bond donors (Lipinski definition) is 2. The number of nitrogens with zero attached hydrogens (tertiary/aromatic N) is 1. The molecule has 1 unspecified atom stereocenters. The molecule has 2 aromatic rings. The summed E-state index contributed by atoms with van der Waals surface area (Å²) in [5, 5.41) is 2.96. The van der Waals surface area contributed by atoms with E-state index >= 15 is 0 Å². The van der Waals surface area contributed by atoms with Gasteiger partial charge in [-0.3, -0.25) is 0 Å². The van der Waals surface area contributed by atoms with Crippen LogP contribution < -0.4 is 11.1 Å². The van der Waals surface area contributed by atoms with Gasteiger partial charge in [0.1, 0.15) is 12.6 Å². The molecule has 0 aromatic heterocycles. The van der Waals surface area contributed by atoms with Gasteiger partial charge in [0.2, 0.25) is 5.02 Å². The Morgan fingerprint density at radius 3 is 2.54 bits per heavy atom. The largest absolute Gasteiger partial charge is 0.463 e. The summed E-state index contributed by atoms with van der Waals surface area (Å²) in [5.74, 6) is 0. The lowest BCUT2D eigenvalue weighted by atomic mass is 10.0. The summed E-state index contributed by atoms with van der Waals surface area (Å²) in [6.07, 6.45) is -3.03. The molecule has 0 amide bonds. The SMILES string of the molecule is NC1=N[C@@H](CCc2ccc(NC(c3cc(Cl)cc([ClH+])c3)C(F)(F)F)cc2)CO1. The van der Waals surface area contributed by atoms with Gasteiger partial charge in [-0.2, -0.15) is 13.2 Å². The molecule has 1 heterocycles. The summed E-state index contributed by atoms with van der Waals surface area (Å²) in [6, 6.07) is 9.13. The Balaban J connectivity index is 1.69. The molecule has 0 saturated carbocycles. The smallest absolute Gasteiger partial charge is 0.412 e. The van der Waals surface area contributed by atoms with Crippen molar-refractivity contribution in [1.82, 2.24) is 0 Å². The molecule has 4 nitrogen and oxygen atoms in total. The molecular weight excluding hydrogens is 414 g/mol. The molecule has 2 atom stereocenters. The second-order valence-electron chi connectivity index (χ2n) is 6.51. The highest BCUT2D eigenvalue weighted by Gasteiger charge is 2.41. The van der Waals surface area contributed by atoms with Crippen molar-refractivity contribution in [3.8, 4) is 0 Å². The van der Waals surface area contributed by atoms with Crippen molar-refractivity contribution < 1.29 is 29.5 Å². The Kier molecular flexibility index (Phi) is 6.25. The van der Waals surface area contributed by atoms with Gasteiger partial charge in [-0.15, -0.1) is 0 Å². The summed E-state index contributed by atoms with van der Waals surface area (Å²) < 4.78 is 45.9. The minimum absolute atomic E-state index is 0.0165. The molecule has 9 heteroatoms.